The van der Waals surface area contributed by atoms with Gasteiger partial charge in [-0.25, -0.2) is 4.98 Å². The first-order chi connectivity index (χ1) is 14.7. The van der Waals surface area contributed by atoms with Gasteiger partial charge in [-0.1, -0.05) is 11.3 Å². The van der Waals surface area contributed by atoms with Crippen molar-refractivity contribution in [3.63, 3.8) is 0 Å². The summed E-state index contributed by atoms with van der Waals surface area (Å²) in [4.78, 5) is 22.1. The molecular formula is C22H23ClN4O3S. The summed E-state index contributed by atoms with van der Waals surface area (Å²) in [6, 6.07) is 14.5. The van der Waals surface area contributed by atoms with Crippen molar-refractivity contribution in [2.24, 2.45) is 0 Å². The van der Waals surface area contributed by atoms with Gasteiger partial charge < -0.3 is 9.47 Å². The molecule has 0 bridgehead atoms. The number of thiazole rings is 1. The Balaban J connectivity index is 0.00000272. The van der Waals surface area contributed by atoms with Crippen LogP contribution >= 0.6 is 23.7 Å². The zero-order valence-corrected chi connectivity index (χ0v) is 18.7. The largest absolute Gasteiger partial charge is 0.497 e. The fourth-order valence-corrected chi connectivity index (χ4v) is 4.35. The lowest BCUT2D eigenvalue weighted by molar-refractivity contribution is 0.0391. The Morgan fingerprint density at radius 1 is 1.26 bits per heavy atom. The van der Waals surface area contributed by atoms with Crippen molar-refractivity contribution in [3.8, 4) is 11.8 Å². The number of rotatable bonds is 6. The molecule has 1 aliphatic heterocycles. The standard InChI is InChI=1S/C22H22N4O3S.ClH/c1-28-18-6-7-19-20(14-18)30-22(24-19)26(9-8-25-10-12-29-13-11-25)21(27)17-4-2-16(15-23)3-5-17;/h2-7,14H,8-13H2,1H3;1H. The number of methoxy groups -OCH3 is 1. The molecule has 31 heavy (non-hydrogen) atoms. The van der Waals surface area contributed by atoms with Gasteiger partial charge in [0.2, 0.25) is 0 Å². The van der Waals surface area contributed by atoms with Crippen LogP contribution < -0.4 is 9.64 Å². The zero-order chi connectivity index (χ0) is 20.9. The van der Waals surface area contributed by atoms with Gasteiger partial charge in [0.1, 0.15) is 5.75 Å². The van der Waals surface area contributed by atoms with Crippen molar-refractivity contribution in [2.75, 3.05) is 51.4 Å². The average molecular weight is 459 g/mol. The number of halogens is 1. The molecule has 0 radical (unpaired) electrons. The van der Waals surface area contributed by atoms with Crippen molar-refractivity contribution < 1.29 is 14.3 Å². The van der Waals surface area contributed by atoms with Gasteiger partial charge in [0.05, 0.1) is 42.2 Å². The number of fused-ring (bicyclic) bond motifs is 1. The van der Waals surface area contributed by atoms with Crippen LogP contribution in [-0.2, 0) is 4.74 Å². The molecule has 1 fully saturated rings. The molecule has 7 nitrogen and oxygen atoms in total. The average Bonchev–Trinajstić information content (AvgIpc) is 3.22. The monoisotopic (exact) mass is 458 g/mol. The van der Waals surface area contributed by atoms with Crippen LogP contribution in [0.1, 0.15) is 15.9 Å². The van der Waals surface area contributed by atoms with Crippen molar-refractivity contribution >= 4 is 45.0 Å². The fraction of sp³-hybridized carbons (Fsp3) is 0.318. The summed E-state index contributed by atoms with van der Waals surface area (Å²) in [5.41, 5.74) is 1.89. The van der Waals surface area contributed by atoms with Gasteiger partial charge in [-0.15, -0.1) is 12.4 Å². The normalized spacial score (nSPS) is 13.9. The van der Waals surface area contributed by atoms with Crippen molar-refractivity contribution in [1.29, 1.82) is 5.26 Å². The Kier molecular flexibility index (Phi) is 7.82. The van der Waals surface area contributed by atoms with E-state index in [1.807, 2.05) is 18.2 Å². The van der Waals surface area contributed by atoms with E-state index in [2.05, 4.69) is 11.0 Å². The van der Waals surface area contributed by atoms with Crippen LogP contribution in [0.5, 0.6) is 5.75 Å². The first-order valence-corrected chi connectivity index (χ1v) is 10.6. The molecule has 1 aliphatic rings. The number of ether oxygens (including phenoxy) is 2. The molecule has 0 aliphatic carbocycles. The summed E-state index contributed by atoms with van der Waals surface area (Å²) in [7, 11) is 1.63. The quantitative estimate of drug-likeness (QED) is 0.561. The van der Waals surface area contributed by atoms with Crippen LogP contribution in [0.3, 0.4) is 0 Å². The van der Waals surface area contributed by atoms with Crippen LogP contribution in [0.2, 0.25) is 0 Å². The third-order valence-electron chi connectivity index (χ3n) is 5.06. The second-order valence-electron chi connectivity index (χ2n) is 6.93. The Bertz CT molecular complexity index is 1070. The fourth-order valence-electron chi connectivity index (χ4n) is 3.33. The van der Waals surface area contributed by atoms with E-state index in [9.17, 15) is 4.79 Å². The molecule has 0 spiro atoms. The van der Waals surface area contributed by atoms with Gasteiger partial charge in [0.25, 0.3) is 5.91 Å². The molecule has 0 N–H and O–H groups in total. The number of nitrogens with zero attached hydrogens (tertiary/aromatic N) is 4. The molecule has 162 valence electrons. The van der Waals surface area contributed by atoms with E-state index in [0.29, 0.717) is 36.0 Å². The topological polar surface area (TPSA) is 78.7 Å². The predicted octanol–water partition coefficient (Wildman–Crippen LogP) is 3.58. The summed E-state index contributed by atoms with van der Waals surface area (Å²) in [6.07, 6.45) is 0. The summed E-state index contributed by atoms with van der Waals surface area (Å²) >= 11 is 1.47. The van der Waals surface area contributed by atoms with Crippen LogP contribution in [0.4, 0.5) is 5.13 Å². The number of nitriles is 1. The summed E-state index contributed by atoms with van der Waals surface area (Å²) < 4.78 is 11.7. The molecule has 0 saturated carbocycles. The smallest absolute Gasteiger partial charge is 0.260 e. The lowest BCUT2D eigenvalue weighted by atomic mass is 10.1. The van der Waals surface area contributed by atoms with Gasteiger partial charge in [-0.3, -0.25) is 14.6 Å². The van der Waals surface area contributed by atoms with Crippen LogP contribution in [0.25, 0.3) is 10.2 Å². The highest BCUT2D eigenvalue weighted by Crippen LogP contribution is 2.32. The van der Waals surface area contributed by atoms with Crippen molar-refractivity contribution in [2.45, 2.75) is 0 Å². The van der Waals surface area contributed by atoms with Gasteiger partial charge in [0.15, 0.2) is 5.13 Å². The minimum Gasteiger partial charge on any atom is -0.497 e. The SMILES string of the molecule is COc1ccc2nc(N(CCN3CCOCC3)C(=O)c3ccc(C#N)cc3)sc2c1.Cl. The highest BCUT2D eigenvalue weighted by atomic mass is 35.5. The predicted molar refractivity (Wildman–Crippen MR) is 124 cm³/mol. The molecule has 1 saturated heterocycles. The Hall–Kier alpha value is -2.70. The number of anilines is 1. The van der Waals surface area contributed by atoms with E-state index in [1.54, 1.807) is 36.3 Å². The highest BCUT2D eigenvalue weighted by molar-refractivity contribution is 7.22. The third kappa shape index (κ3) is 5.32. The number of carbonyl (C=O) groups excluding carboxylic acids is 1. The number of amides is 1. The molecule has 2 aromatic carbocycles. The molecule has 9 heteroatoms. The summed E-state index contributed by atoms with van der Waals surface area (Å²) in [5.74, 6) is 0.634. The van der Waals surface area contributed by atoms with Gasteiger partial charge in [0, 0.05) is 31.7 Å². The first kappa shape index (κ1) is 23.0. The maximum atomic E-state index is 13.4. The molecular weight excluding hydrogens is 436 g/mol. The van der Waals surface area contributed by atoms with E-state index in [4.69, 9.17) is 19.7 Å². The molecule has 0 atom stereocenters. The second-order valence-corrected chi connectivity index (χ2v) is 7.94. The highest BCUT2D eigenvalue weighted by Gasteiger charge is 2.23. The molecule has 3 aromatic rings. The molecule has 0 unspecified atom stereocenters. The molecule has 1 aromatic heterocycles. The van der Waals surface area contributed by atoms with E-state index in [1.165, 1.54) is 11.3 Å². The van der Waals surface area contributed by atoms with Gasteiger partial charge >= 0.3 is 0 Å². The number of benzene rings is 2. The van der Waals surface area contributed by atoms with E-state index in [-0.39, 0.29) is 18.3 Å². The number of aromatic nitrogens is 1. The lowest BCUT2D eigenvalue weighted by Gasteiger charge is -2.29. The Morgan fingerprint density at radius 3 is 2.68 bits per heavy atom. The number of carbonyl (C=O) groups is 1. The lowest BCUT2D eigenvalue weighted by Crippen LogP contribution is -2.43. The van der Waals surface area contributed by atoms with Crippen molar-refractivity contribution in [1.82, 2.24) is 9.88 Å². The van der Waals surface area contributed by atoms with Gasteiger partial charge in [-0.2, -0.15) is 5.26 Å². The maximum Gasteiger partial charge on any atom is 0.260 e. The molecule has 1 amide bonds. The van der Waals surface area contributed by atoms with Crippen LogP contribution in [-0.4, -0.2) is 62.3 Å². The Labute approximate surface area is 191 Å². The first-order valence-electron chi connectivity index (χ1n) is 9.74. The van der Waals surface area contributed by atoms with Crippen LogP contribution in [0.15, 0.2) is 42.5 Å². The Morgan fingerprint density at radius 2 is 2.00 bits per heavy atom. The second kappa shape index (κ2) is 10.6. The molecule has 4 rings (SSSR count). The minimum absolute atomic E-state index is 0. The third-order valence-corrected chi connectivity index (χ3v) is 6.11. The number of hydrogen-bond acceptors (Lipinski definition) is 7. The molecule has 2 heterocycles. The van der Waals surface area contributed by atoms with Gasteiger partial charge in [-0.05, 0) is 42.5 Å². The van der Waals surface area contributed by atoms with E-state index < -0.39 is 0 Å². The zero-order valence-electron chi connectivity index (χ0n) is 17.1. The number of hydrogen-bond donors (Lipinski definition) is 0. The summed E-state index contributed by atoms with van der Waals surface area (Å²) in [6.45, 7) is 4.40. The minimum atomic E-state index is -0.126. The summed E-state index contributed by atoms with van der Waals surface area (Å²) in [5, 5.41) is 9.68. The van der Waals surface area contributed by atoms with E-state index in [0.717, 1.165) is 35.6 Å². The van der Waals surface area contributed by atoms with E-state index >= 15 is 0 Å². The van der Waals surface area contributed by atoms with Crippen LogP contribution in [0, 0.1) is 11.3 Å². The maximum absolute atomic E-state index is 13.4. The van der Waals surface area contributed by atoms with Crippen molar-refractivity contribution in [3.05, 3.63) is 53.6 Å². The number of morpholine rings is 1.